The number of thiazole rings is 1. The molecular weight excluding hydrogens is 256 g/mol. The van der Waals surface area contributed by atoms with Crippen molar-refractivity contribution in [2.24, 2.45) is 0 Å². The van der Waals surface area contributed by atoms with E-state index in [4.69, 9.17) is 4.74 Å². The van der Waals surface area contributed by atoms with E-state index in [0.717, 1.165) is 17.7 Å². The highest BCUT2D eigenvalue weighted by Gasteiger charge is 2.48. The lowest BCUT2D eigenvalue weighted by molar-refractivity contribution is -0.173. The third-order valence-corrected chi connectivity index (χ3v) is 4.03. The van der Waals surface area contributed by atoms with Crippen molar-refractivity contribution in [2.45, 2.75) is 31.0 Å². The maximum Gasteiger partial charge on any atom is 0.335 e. The number of carboxylic acid groups (broad SMARTS) is 1. The van der Waals surface area contributed by atoms with Gasteiger partial charge in [-0.05, 0) is 12.8 Å². The molecule has 1 aliphatic carbocycles. The van der Waals surface area contributed by atoms with E-state index in [0.29, 0.717) is 0 Å². The lowest BCUT2D eigenvalue weighted by Crippen LogP contribution is -2.52. The molecule has 0 aromatic carbocycles. The van der Waals surface area contributed by atoms with Crippen LogP contribution in [0.25, 0.3) is 0 Å². The maximum atomic E-state index is 11.9. The van der Waals surface area contributed by atoms with Gasteiger partial charge in [-0.3, -0.25) is 9.78 Å². The first-order valence-electron chi connectivity index (χ1n) is 5.72. The number of amides is 1. The molecule has 1 aromatic heterocycles. The van der Waals surface area contributed by atoms with Crippen LogP contribution in [0.15, 0.2) is 11.7 Å². The van der Waals surface area contributed by atoms with Crippen LogP contribution in [0, 0.1) is 0 Å². The summed E-state index contributed by atoms with van der Waals surface area (Å²) in [5.41, 5.74) is 1.64. The minimum atomic E-state index is -1.04. The Bertz CT molecular complexity index is 471. The second-order valence-corrected chi connectivity index (χ2v) is 5.37. The monoisotopic (exact) mass is 268 g/mol. The van der Waals surface area contributed by atoms with Gasteiger partial charge in [-0.25, -0.2) is 4.79 Å². The van der Waals surface area contributed by atoms with Crippen molar-refractivity contribution in [1.29, 1.82) is 0 Å². The molecular formula is C11H12N2O4S. The van der Waals surface area contributed by atoms with Crippen LogP contribution in [0.1, 0.15) is 23.8 Å². The van der Waals surface area contributed by atoms with Gasteiger partial charge in [0.15, 0.2) is 6.10 Å². The van der Waals surface area contributed by atoms with E-state index in [9.17, 15) is 14.7 Å². The molecule has 0 spiro atoms. The molecule has 3 rings (SSSR count). The van der Waals surface area contributed by atoms with Crippen molar-refractivity contribution in [1.82, 2.24) is 9.88 Å². The molecule has 2 aliphatic rings. The van der Waals surface area contributed by atoms with Crippen LogP contribution >= 0.6 is 11.3 Å². The summed E-state index contributed by atoms with van der Waals surface area (Å²) in [4.78, 5) is 29.6. The van der Waals surface area contributed by atoms with E-state index in [1.807, 2.05) is 0 Å². The summed E-state index contributed by atoms with van der Waals surface area (Å²) in [5.74, 6) is -1.17. The molecule has 18 heavy (non-hydrogen) atoms. The fourth-order valence-electron chi connectivity index (χ4n) is 2.28. The van der Waals surface area contributed by atoms with Crippen LogP contribution in [0.4, 0.5) is 0 Å². The van der Waals surface area contributed by atoms with Gasteiger partial charge >= 0.3 is 5.97 Å². The lowest BCUT2D eigenvalue weighted by atomic mass is 10.1. The zero-order valence-corrected chi connectivity index (χ0v) is 10.3. The normalized spacial score (nSPS) is 28.4. The number of aromatic nitrogens is 1. The molecule has 1 aliphatic heterocycles. The fraction of sp³-hybridized carbons (Fsp3) is 0.545. The highest BCUT2D eigenvalue weighted by atomic mass is 32.1. The highest BCUT2D eigenvalue weighted by Crippen LogP contribution is 2.40. The number of carbonyl (C=O) groups is 2. The average Bonchev–Trinajstić information content (AvgIpc) is 3.03. The van der Waals surface area contributed by atoms with Crippen molar-refractivity contribution in [3.8, 4) is 0 Å². The van der Waals surface area contributed by atoms with E-state index in [-0.39, 0.29) is 18.6 Å². The quantitative estimate of drug-likeness (QED) is 0.871. The summed E-state index contributed by atoms with van der Waals surface area (Å²) < 4.78 is 5.18. The molecule has 1 saturated heterocycles. The molecule has 1 amide bonds. The number of carbonyl (C=O) groups excluding carboxylic acids is 1. The number of hydrogen-bond donors (Lipinski definition) is 1. The van der Waals surface area contributed by atoms with Gasteiger partial charge in [0.25, 0.3) is 0 Å². The molecule has 2 heterocycles. The Hall–Kier alpha value is -1.47. The van der Waals surface area contributed by atoms with Gasteiger partial charge in [-0.2, -0.15) is 0 Å². The Morgan fingerprint density at radius 1 is 1.56 bits per heavy atom. The van der Waals surface area contributed by atoms with Crippen LogP contribution in [-0.4, -0.2) is 45.6 Å². The zero-order valence-electron chi connectivity index (χ0n) is 9.48. The molecule has 6 nitrogen and oxygen atoms in total. The molecule has 2 unspecified atom stereocenters. The third kappa shape index (κ3) is 1.89. The van der Waals surface area contributed by atoms with Gasteiger partial charge in [0.1, 0.15) is 12.6 Å². The van der Waals surface area contributed by atoms with Crippen LogP contribution in [0.5, 0.6) is 0 Å². The Balaban J connectivity index is 1.98. The summed E-state index contributed by atoms with van der Waals surface area (Å²) in [6.07, 6.45) is 2.49. The Kier molecular flexibility index (Phi) is 2.79. The predicted octanol–water partition coefficient (Wildman–Crippen LogP) is 0.659. The molecule has 7 heteroatoms. The maximum absolute atomic E-state index is 11.9. The summed E-state index contributed by atoms with van der Waals surface area (Å²) in [7, 11) is 0. The van der Waals surface area contributed by atoms with Gasteiger partial charge in [0, 0.05) is 12.2 Å². The van der Waals surface area contributed by atoms with Gasteiger partial charge in [0.05, 0.1) is 10.4 Å². The van der Waals surface area contributed by atoms with Crippen molar-refractivity contribution in [3.05, 3.63) is 16.6 Å². The van der Waals surface area contributed by atoms with Crippen molar-refractivity contribution < 1.29 is 19.4 Å². The van der Waals surface area contributed by atoms with Crippen LogP contribution in [-0.2, 0) is 14.3 Å². The summed E-state index contributed by atoms with van der Waals surface area (Å²) in [5, 5.41) is 9.23. The first-order chi connectivity index (χ1) is 8.68. The number of morpholine rings is 1. The zero-order chi connectivity index (χ0) is 12.7. The second kappa shape index (κ2) is 4.33. The predicted molar refractivity (Wildman–Crippen MR) is 62.1 cm³/mol. The number of carboxylic acids is 1. The molecule has 0 bridgehead atoms. The Labute approximate surface area is 107 Å². The van der Waals surface area contributed by atoms with Crippen molar-refractivity contribution >= 4 is 23.2 Å². The topological polar surface area (TPSA) is 79.7 Å². The first kappa shape index (κ1) is 11.6. The Morgan fingerprint density at radius 2 is 2.33 bits per heavy atom. The molecule has 1 N–H and O–H groups in total. The molecule has 2 atom stereocenters. The highest BCUT2D eigenvalue weighted by molar-refractivity contribution is 7.09. The van der Waals surface area contributed by atoms with Crippen LogP contribution < -0.4 is 0 Å². The molecule has 1 saturated carbocycles. The van der Waals surface area contributed by atoms with Crippen molar-refractivity contribution in [2.75, 3.05) is 6.61 Å². The summed E-state index contributed by atoms with van der Waals surface area (Å²) in [6, 6.07) is -0.376. The minimum Gasteiger partial charge on any atom is -0.479 e. The first-order valence-corrected chi connectivity index (χ1v) is 6.60. The third-order valence-electron chi connectivity index (χ3n) is 3.19. The van der Waals surface area contributed by atoms with E-state index in [2.05, 4.69) is 4.98 Å². The summed E-state index contributed by atoms with van der Waals surface area (Å²) >= 11 is 1.35. The van der Waals surface area contributed by atoms with E-state index in [1.54, 1.807) is 16.6 Å². The molecule has 1 aromatic rings. The minimum absolute atomic E-state index is 0.131. The van der Waals surface area contributed by atoms with Gasteiger partial charge < -0.3 is 14.7 Å². The smallest absolute Gasteiger partial charge is 0.335 e. The molecule has 96 valence electrons. The number of aliphatic carboxylic acids is 1. The number of nitrogens with zero attached hydrogens (tertiary/aromatic N) is 2. The molecule has 0 radical (unpaired) electrons. The van der Waals surface area contributed by atoms with Crippen LogP contribution in [0.2, 0.25) is 0 Å². The number of rotatable bonds is 3. The van der Waals surface area contributed by atoms with Gasteiger partial charge in [-0.15, -0.1) is 11.3 Å². The van der Waals surface area contributed by atoms with Crippen LogP contribution in [0.3, 0.4) is 0 Å². The lowest BCUT2D eigenvalue weighted by Gasteiger charge is -2.38. The van der Waals surface area contributed by atoms with Gasteiger partial charge in [-0.1, -0.05) is 0 Å². The fourth-order valence-corrected chi connectivity index (χ4v) is 3.02. The summed E-state index contributed by atoms with van der Waals surface area (Å²) in [6.45, 7) is -0.150. The van der Waals surface area contributed by atoms with E-state index < -0.39 is 18.1 Å². The number of ether oxygens (including phenoxy) is 1. The standard InChI is InChI=1S/C11H12N2O4S/c14-8-4-17-10(11(15)16)9(7-3-12-5-18-7)13(8)6-1-2-6/h3,5-6,9-10H,1-2,4H2,(H,15,16). The van der Waals surface area contributed by atoms with E-state index in [1.165, 1.54) is 11.3 Å². The average molecular weight is 268 g/mol. The number of hydrogen-bond acceptors (Lipinski definition) is 5. The van der Waals surface area contributed by atoms with E-state index >= 15 is 0 Å². The van der Waals surface area contributed by atoms with Crippen molar-refractivity contribution in [3.63, 3.8) is 0 Å². The Morgan fingerprint density at radius 3 is 2.89 bits per heavy atom. The SMILES string of the molecule is O=C(O)C1OCC(=O)N(C2CC2)C1c1cncs1. The molecule has 2 fully saturated rings. The van der Waals surface area contributed by atoms with Gasteiger partial charge in [0.2, 0.25) is 5.91 Å². The largest absolute Gasteiger partial charge is 0.479 e. The second-order valence-electron chi connectivity index (χ2n) is 4.45.